The second kappa shape index (κ2) is 10.2. The average Bonchev–Trinajstić information content (AvgIpc) is 3.32. The van der Waals surface area contributed by atoms with E-state index < -0.39 is 55.4 Å². The van der Waals surface area contributed by atoms with Crippen LogP contribution >= 0.6 is 0 Å². The van der Waals surface area contributed by atoms with E-state index in [1.807, 2.05) is 0 Å². The van der Waals surface area contributed by atoms with Gasteiger partial charge in [0.25, 0.3) is 10.0 Å². The van der Waals surface area contributed by atoms with E-state index in [1.165, 1.54) is 25.4 Å². The molecule has 2 unspecified atom stereocenters. The van der Waals surface area contributed by atoms with Crippen LogP contribution in [0.25, 0.3) is 5.69 Å². The van der Waals surface area contributed by atoms with E-state index >= 15 is 0 Å². The Hall–Kier alpha value is -3.82. The standard InChI is InChI=1S/C26H27F4N7O3S/c1-35(32)14-23(31)41(39,40)36-9-7-17-11-22-16(13-34-37(22)20-4-2-19(27)3-5-20)12-25(17,15-36)24(38)21-10-18(6-8-33-21)26(28,29)30/h2-6,8,10,13-14,17H,7,9,11-12,15,31-32H2,1H3/b23-14+. The Bertz CT molecular complexity index is 1620. The molecule has 1 aliphatic heterocycles. The summed E-state index contributed by atoms with van der Waals surface area (Å²) in [6.07, 6.45) is -0.744. The molecular weight excluding hydrogens is 566 g/mol. The number of hydrogen-bond donors (Lipinski definition) is 2. The van der Waals surface area contributed by atoms with Crippen molar-refractivity contribution in [3.63, 3.8) is 0 Å². The zero-order chi connectivity index (χ0) is 29.7. The number of aromatic nitrogens is 3. The van der Waals surface area contributed by atoms with E-state index in [0.717, 1.165) is 33.5 Å². The molecule has 218 valence electrons. The first-order valence-electron chi connectivity index (χ1n) is 12.6. The van der Waals surface area contributed by atoms with Gasteiger partial charge in [0.2, 0.25) is 0 Å². The Balaban J connectivity index is 1.60. The predicted octanol–water partition coefficient (Wildman–Crippen LogP) is 2.61. The van der Waals surface area contributed by atoms with Gasteiger partial charge >= 0.3 is 6.18 Å². The topological polar surface area (TPSA) is 140 Å². The summed E-state index contributed by atoms with van der Waals surface area (Å²) < 4.78 is 83.5. The summed E-state index contributed by atoms with van der Waals surface area (Å²) in [5.74, 6) is 3.96. The molecule has 0 radical (unpaired) electrons. The number of nitrogens with two attached hydrogens (primary N) is 2. The lowest BCUT2D eigenvalue weighted by Crippen LogP contribution is -2.58. The van der Waals surface area contributed by atoms with Gasteiger partial charge in [-0.05, 0) is 67.1 Å². The first-order chi connectivity index (χ1) is 19.2. The number of alkyl halides is 3. The molecule has 3 aromatic rings. The highest BCUT2D eigenvalue weighted by atomic mass is 32.2. The predicted molar refractivity (Wildman–Crippen MR) is 140 cm³/mol. The van der Waals surface area contributed by atoms with Crippen molar-refractivity contribution < 1.29 is 30.8 Å². The lowest BCUT2D eigenvalue weighted by molar-refractivity contribution is -0.137. The number of benzene rings is 1. The summed E-state index contributed by atoms with van der Waals surface area (Å²) in [7, 11) is -2.88. The molecule has 0 bridgehead atoms. The average molecular weight is 594 g/mol. The van der Waals surface area contributed by atoms with Gasteiger partial charge in [0, 0.05) is 32.0 Å². The number of Topliss-reactive ketones (excluding diaryl/α,β-unsaturated/α-hetero) is 1. The van der Waals surface area contributed by atoms with E-state index in [-0.39, 0.29) is 32.4 Å². The molecule has 15 heteroatoms. The van der Waals surface area contributed by atoms with Crippen LogP contribution in [0.2, 0.25) is 0 Å². The molecule has 0 spiro atoms. The van der Waals surface area contributed by atoms with Gasteiger partial charge in [0.15, 0.2) is 10.8 Å². The monoisotopic (exact) mass is 593 g/mol. The smallest absolute Gasteiger partial charge is 0.387 e. The van der Waals surface area contributed by atoms with Crippen molar-refractivity contribution in [1.29, 1.82) is 0 Å². The van der Waals surface area contributed by atoms with Gasteiger partial charge in [-0.1, -0.05) is 0 Å². The highest BCUT2D eigenvalue weighted by Gasteiger charge is 2.55. The lowest BCUT2D eigenvalue weighted by Gasteiger charge is -2.49. The van der Waals surface area contributed by atoms with Crippen molar-refractivity contribution in [1.82, 2.24) is 24.1 Å². The normalized spacial score (nSPS) is 21.7. The number of hydrogen-bond acceptors (Lipinski definition) is 8. The quantitative estimate of drug-likeness (QED) is 0.192. The van der Waals surface area contributed by atoms with Crippen molar-refractivity contribution in [2.45, 2.75) is 25.4 Å². The summed E-state index contributed by atoms with van der Waals surface area (Å²) in [5, 5.41) is 4.87. The van der Waals surface area contributed by atoms with E-state index in [2.05, 4.69) is 10.1 Å². The van der Waals surface area contributed by atoms with E-state index in [0.29, 0.717) is 17.3 Å². The molecule has 1 saturated heterocycles. The van der Waals surface area contributed by atoms with Gasteiger partial charge in [-0.15, -0.1) is 0 Å². The largest absolute Gasteiger partial charge is 0.416 e. The number of piperidine rings is 1. The van der Waals surface area contributed by atoms with Gasteiger partial charge in [0.05, 0.1) is 29.1 Å². The minimum Gasteiger partial charge on any atom is -0.387 e. The van der Waals surface area contributed by atoms with Crippen molar-refractivity contribution in [3.05, 3.63) is 88.4 Å². The van der Waals surface area contributed by atoms with Crippen molar-refractivity contribution in [3.8, 4) is 5.69 Å². The molecule has 0 amide bonds. The number of nitrogens with zero attached hydrogens (tertiary/aromatic N) is 5. The second-order valence-corrected chi connectivity index (χ2v) is 12.3. The summed E-state index contributed by atoms with van der Waals surface area (Å²) in [4.78, 5) is 18.1. The highest BCUT2D eigenvalue weighted by Crippen LogP contribution is 2.48. The van der Waals surface area contributed by atoms with Gasteiger partial charge in [-0.3, -0.25) is 9.78 Å². The van der Waals surface area contributed by atoms with Crippen LogP contribution in [0.1, 0.15) is 33.7 Å². The number of sulfonamides is 1. The Morgan fingerprint density at radius 1 is 1.22 bits per heavy atom. The van der Waals surface area contributed by atoms with Crippen LogP contribution in [0.15, 0.2) is 60.0 Å². The summed E-state index contributed by atoms with van der Waals surface area (Å²) >= 11 is 0. The molecule has 1 fully saturated rings. The van der Waals surface area contributed by atoms with E-state index in [4.69, 9.17) is 11.6 Å². The minimum atomic E-state index is -4.71. The molecule has 3 heterocycles. The summed E-state index contributed by atoms with van der Waals surface area (Å²) in [6, 6.07) is 7.15. The molecule has 0 saturated carbocycles. The van der Waals surface area contributed by atoms with Crippen LogP contribution in [0.5, 0.6) is 0 Å². The molecule has 2 aromatic heterocycles. The van der Waals surface area contributed by atoms with Crippen LogP contribution in [-0.4, -0.2) is 58.4 Å². The highest BCUT2D eigenvalue weighted by molar-refractivity contribution is 7.92. The number of ketones is 1. The first kappa shape index (κ1) is 28.7. The van der Waals surface area contributed by atoms with E-state index in [1.54, 1.807) is 16.8 Å². The zero-order valence-electron chi connectivity index (χ0n) is 21.8. The Morgan fingerprint density at radius 3 is 2.59 bits per heavy atom. The van der Waals surface area contributed by atoms with Crippen LogP contribution in [0, 0.1) is 17.2 Å². The van der Waals surface area contributed by atoms with Crippen LogP contribution in [-0.2, 0) is 29.0 Å². The number of fused-ring (bicyclic) bond motifs is 2. The summed E-state index contributed by atoms with van der Waals surface area (Å²) in [6.45, 7) is -0.318. The minimum absolute atomic E-state index is 0.00260. The van der Waals surface area contributed by atoms with Crippen molar-refractivity contribution >= 4 is 15.8 Å². The van der Waals surface area contributed by atoms with Crippen LogP contribution in [0.4, 0.5) is 17.6 Å². The lowest BCUT2D eigenvalue weighted by atomic mass is 9.60. The van der Waals surface area contributed by atoms with Crippen LogP contribution < -0.4 is 11.6 Å². The zero-order valence-corrected chi connectivity index (χ0v) is 22.7. The fourth-order valence-corrected chi connectivity index (χ4v) is 7.04. The third kappa shape index (κ3) is 5.20. The fourth-order valence-electron chi connectivity index (χ4n) is 5.69. The number of rotatable bonds is 6. The number of hydrazine groups is 1. The van der Waals surface area contributed by atoms with Crippen LogP contribution in [0.3, 0.4) is 0 Å². The van der Waals surface area contributed by atoms with E-state index in [9.17, 15) is 30.8 Å². The second-order valence-electron chi connectivity index (χ2n) is 10.3. The van der Waals surface area contributed by atoms with Gasteiger partial charge in [0.1, 0.15) is 11.5 Å². The molecule has 4 N–H and O–H groups in total. The SMILES string of the molecule is CN(N)/C=C(\N)S(=O)(=O)N1CCC2Cc3c(cnn3-c3ccc(F)cc3)CC2(C(=O)c2cc(C(F)(F)F)ccn2)C1. The molecule has 5 rings (SSSR count). The number of carbonyl (C=O) groups is 1. The number of halogens is 4. The molecule has 2 aliphatic rings. The maximum absolute atomic E-state index is 14.2. The fraction of sp³-hybridized carbons (Fsp3) is 0.346. The molecule has 1 aromatic carbocycles. The molecule has 2 atom stereocenters. The van der Waals surface area contributed by atoms with Gasteiger partial charge in [-0.2, -0.15) is 22.6 Å². The maximum atomic E-state index is 14.2. The molecule has 1 aliphatic carbocycles. The third-order valence-electron chi connectivity index (χ3n) is 7.68. The summed E-state index contributed by atoms with van der Waals surface area (Å²) in [5.41, 5.74) is 4.91. The molecule has 41 heavy (non-hydrogen) atoms. The van der Waals surface area contributed by atoms with Crippen molar-refractivity contribution in [2.75, 3.05) is 20.1 Å². The third-order valence-corrected chi connectivity index (χ3v) is 9.37. The first-order valence-corrected chi connectivity index (χ1v) is 14.0. The molecular formula is C26H27F4N7O3S. The van der Waals surface area contributed by atoms with Gasteiger partial charge in [-0.25, -0.2) is 23.3 Å². The van der Waals surface area contributed by atoms with Gasteiger partial charge < -0.3 is 10.7 Å². The molecule has 10 nitrogen and oxygen atoms in total. The maximum Gasteiger partial charge on any atom is 0.416 e. The Labute approximate surface area is 233 Å². The van der Waals surface area contributed by atoms with Crippen molar-refractivity contribution in [2.24, 2.45) is 22.9 Å². The number of carbonyl (C=O) groups excluding carboxylic acids is 1. The Kier molecular flexibility index (Phi) is 7.16. The number of pyridine rings is 1. The Morgan fingerprint density at radius 2 is 1.93 bits per heavy atom.